The van der Waals surface area contributed by atoms with Gasteiger partial charge in [-0.1, -0.05) is 30.3 Å². The number of aliphatic hydroxyl groups excluding tert-OH is 1. The maximum Gasteiger partial charge on any atom is 0.407 e. The molecule has 0 spiro atoms. The van der Waals surface area contributed by atoms with Crippen LogP contribution in [-0.4, -0.2) is 51.0 Å². The van der Waals surface area contributed by atoms with Gasteiger partial charge >= 0.3 is 6.09 Å². The van der Waals surface area contributed by atoms with E-state index in [0.717, 1.165) is 5.56 Å². The smallest absolute Gasteiger partial charge is 0.407 e. The average molecular weight is 554 g/mol. The second kappa shape index (κ2) is 16.1. The normalized spacial score (nSPS) is 13.5. The lowest BCUT2D eigenvalue weighted by molar-refractivity contribution is 0.0811. The van der Waals surface area contributed by atoms with Crippen molar-refractivity contribution in [1.29, 1.82) is 0 Å². The van der Waals surface area contributed by atoms with E-state index in [0.29, 0.717) is 30.5 Å². The van der Waals surface area contributed by atoms with Gasteiger partial charge in [0.05, 0.1) is 11.7 Å². The predicted molar refractivity (Wildman–Crippen MR) is 144 cm³/mol. The van der Waals surface area contributed by atoms with Crippen molar-refractivity contribution in [2.24, 2.45) is 10.1 Å². The Bertz CT molecular complexity index is 1120. The number of thioether (sulfide) groups is 1. The highest BCUT2D eigenvalue weighted by atomic mass is 32.2. The molecule has 0 fully saturated rings. The number of nitrogens with two attached hydrogens (primary N) is 1. The van der Waals surface area contributed by atoms with Gasteiger partial charge < -0.3 is 15.2 Å². The topological polar surface area (TPSA) is 155 Å². The first-order valence-electron chi connectivity index (χ1n) is 11.4. The monoisotopic (exact) mass is 553 g/mol. The standard InChI is InChI=1S/C24H32FN5O5S2/c1-27-22(19-10-12-20(25)13-11-19)16-36-17-28-23(31)21(9-5-6-14-29-37(26,33)34)30-24(32)35-15-18-7-3-2-4-8-18/h2-4,7-8,10-13,16,21,23,28-29,31H,1,5-6,9,14-15,17H2,(H,30,32)(H2,26,33,34)/b22-16-/t21-,23?/m1/s1. The van der Waals surface area contributed by atoms with Gasteiger partial charge in [0, 0.05) is 18.0 Å². The Kier molecular flexibility index (Phi) is 13.3. The molecule has 0 aliphatic carbocycles. The Hall–Kier alpha value is -2.81. The molecule has 37 heavy (non-hydrogen) atoms. The zero-order chi connectivity index (χ0) is 27.1. The molecule has 0 saturated carbocycles. The Labute approximate surface area is 220 Å². The van der Waals surface area contributed by atoms with E-state index in [-0.39, 0.29) is 24.8 Å². The molecule has 0 bridgehead atoms. The number of aliphatic imine (C=N–C) groups is 1. The molecule has 0 aliphatic rings. The lowest BCUT2D eigenvalue weighted by Gasteiger charge is -2.24. The van der Waals surface area contributed by atoms with Crippen molar-refractivity contribution in [2.75, 3.05) is 12.4 Å². The first-order chi connectivity index (χ1) is 17.7. The van der Waals surface area contributed by atoms with Crippen LogP contribution >= 0.6 is 11.8 Å². The van der Waals surface area contributed by atoms with Gasteiger partial charge in [0.1, 0.15) is 18.7 Å². The van der Waals surface area contributed by atoms with E-state index in [1.807, 2.05) is 30.3 Å². The number of hydrogen-bond donors (Lipinski definition) is 5. The van der Waals surface area contributed by atoms with Crippen molar-refractivity contribution >= 4 is 40.5 Å². The quantitative estimate of drug-likeness (QED) is 0.122. The molecule has 2 aromatic carbocycles. The van der Waals surface area contributed by atoms with Gasteiger partial charge in [-0.25, -0.2) is 19.0 Å². The molecule has 2 aromatic rings. The summed E-state index contributed by atoms with van der Waals surface area (Å²) in [6.07, 6.45) is -0.533. The van der Waals surface area contributed by atoms with Crippen LogP contribution in [0.1, 0.15) is 30.4 Å². The molecule has 0 aliphatic heterocycles. The summed E-state index contributed by atoms with van der Waals surface area (Å²) < 4.78 is 42.6. The van der Waals surface area contributed by atoms with Crippen LogP contribution in [0.5, 0.6) is 0 Å². The number of amides is 1. The highest BCUT2D eigenvalue weighted by Crippen LogP contribution is 2.19. The number of carbonyl (C=O) groups is 1. The summed E-state index contributed by atoms with van der Waals surface area (Å²) >= 11 is 1.30. The summed E-state index contributed by atoms with van der Waals surface area (Å²) in [6.45, 7) is 3.74. The van der Waals surface area contributed by atoms with Crippen LogP contribution in [0.2, 0.25) is 0 Å². The lowest BCUT2D eigenvalue weighted by Crippen LogP contribution is -2.50. The number of nitrogens with zero attached hydrogens (tertiary/aromatic N) is 1. The fourth-order valence-corrected chi connectivity index (χ4v) is 4.29. The van der Waals surface area contributed by atoms with Crippen molar-refractivity contribution in [3.8, 4) is 0 Å². The number of ether oxygens (including phenoxy) is 1. The molecule has 13 heteroatoms. The molecule has 6 N–H and O–H groups in total. The zero-order valence-electron chi connectivity index (χ0n) is 20.2. The Morgan fingerprint density at radius 1 is 1.19 bits per heavy atom. The Morgan fingerprint density at radius 3 is 2.54 bits per heavy atom. The summed E-state index contributed by atoms with van der Waals surface area (Å²) in [5.41, 5.74) is 2.05. The first-order valence-corrected chi connectivity index (χ1v) is 14.0. The second-order valence-corrected chi connectivity index (χ2v) is 10.1. The highest BCUT2D eigenvalue weighted by molar-refractivity contribution is 8.02. The van der Waals surface area contributed by atoms with Crippen LogP contribution in [0, 0.1) is 5.82 Å². The molecule has 0 heterocycles. The molecule has 1 unspecified atom stereocenters. The summed E-state index contributed by atoms with van der Waals surface area (Å²) in [5, 5.41) is 22.9. The van der Waals surface area contributed by atoms with Crippen LogP contribution in [0.25, 0.3) is 5.70 Å². The Morgan fingerprint density at radius 2 is 1.89 bits per heavy atom. The average Bonchev–Trinajstić information content (AvgIpc) is 2.87. The van der Waals surface area contributed by atoms with Crippen LogP contribution in [0.15, 0.2) is 65.0 Å². The van der Waals surface area contributed by atoms with Crippen LogP contribution in [0.3, 0.4) is 0 Å². The number of hydrogen-bond acceptors (Lipinski definition) is 8. The van der Waals surface area contributed by atoms with E-state index < -0.39 is 28.6 Å². The minimum absolute atomic E-state index is 0.0720. The van der Waals surface area contributed by atoms with Crippen molar-refractivity contribution in [1.82, 2.24) is 15.4 Å². The first kappa shape index (κ1) is 30.4. The third kappa shape index (κ3) is 12.8. The number of rotatable bonds is 16. The minimum Gasteiger partial charge on any atom is -0.445 e. The SMILES string of the molecule is C=N/C(=C\SCNC(O)[C@@H](CCCCNS(N)(=O)=O)NC(=O)OCc1ccccc1)c1ccc(F)cc1. The second-order valence-electron chi connectivity index (χ2n) is 7.88. The third-order valence-electron chi connectivity index (χ3n) is 5.02. The van der Waals surface area contributed by atoms with Crippen molar-refractivity contribution in [2.45, 2.75) is 38.1 Å². The largest absolute Gasteiger partial charge is 0.445 e. The number of alkyl carbamates (subject to hydrolysis) is 1. The fraction of sp³-hybridized carbons (Fsp3) is 0.333. The number of aliphatic hydroxyl groups is 1. The maximum absolute atomic E-state index is 13.2. The van der Waals surface area contributed by atoms with Crippen molar-refractivity contribution in [3.63, 3.8) is 0 Å². The zero-order valence-corrected chi connectivity index (χ0v) is 21.8. The van der Waals surface area contributed by atoms with E-state index in [9.17, 15) is 22.7 Å². The van der Waals surface area contributed by atoms with Gasteiger partial charge in [-0.05, 0) is 61.2 Å². The third-order valence-corrected chi connectivity index (χ3v) is 6.35. The summed E-state index contributed by atoms with van der Waals surface area (Å²) in [4.78, 5) is 16.3. The van der Waals surface area contributed by atoms with Crippen LogP contribution in [0.4, 0.5) is 9.18 Å². The van der Waals surface area contributed by atoms with Gasteiger partial charge in [-0.15, -0.1) is 11.8 Å². The molecular weight excluding hydrogens is 521 g/mol. The summed E-state index contributed by atoms with van der Waals surface area (Å²) in [6, 6.07) is 14.3. The van der Waals surface area contributed by atoms with Gasteiger partial charge in [0.25, 0.3) is 10.2 Å². The van der Waals surface area contributed by atoms with E-state index in [4.69, 9.17) is 9.88 Å². The van der Waals surface area contributed by atoms with Gasteiger partial charge in [0.2, 0.25) is 0 Å². The number of benzene rings is 2. The summed E-state index contributed by atoms with van der Waals surface area (Å²) in [5.74, 6) is -0.0862. The molecule has 202 valence electrons. The van der Waals surface area contributed by atoms with E-state index >= 15 is 0 Å². The number of unbranched alkanes of at least 4 members (excludes halogenated alkanes) is 1. The molecular formula is C24H32FN5O5S2. The van der Waals surface area contributed by atoms with Gasteiger partial charge in [-0.3, -0.25) is 10.3 Å². The molecule has 0 saturated heterocycles. The molecule has 2 atom stereocenters. The molecule has 0 radical (unpaired) electrons. The number of halogens is 1. The van der Waals surface area contributed by atoms with Gasteiger partial charge in [-0.2, -0.15) is 8.42 Å². The predicted octanol–water partition coefficient (Wildman–Crippen LogP) is 2.68. The minimum atomic E-state index is -3.78. The molecule has 10 nitrogen and oxygen atoms in total. The van der Waals surface area contributed by atoms with Crippen LogP contribution in [-0.2, 0) is 21.6 Å². The van der Waals surface area contributed by atoms with Crippen LogP contribution < -0.4 is 20.5 Å². The summed E-state index contributed by atoms with van der Waals surface area (Å²) in [7, 11) is -3.78. The van der Waals surface area contributed by atoms with Crippen molar-refractivity contribution in [3.05, 3.63) is 76.9 Å². The lowest BCUT2D eigenvalue weighted by atomic mass is 10.1. The Balaban J connectivity index is 1.89. The van der Waals surface area contributed by atoms with Gasteiger partial charge in [0.15, 0.2) is 0 Å². The van der Waals surface area contributed by atoms with E-state index in [1.165, 1.54) is 23.9 Å². The number of carbonyl (C=O) groups excluding carboxylic acids is 1. The molecule has 2 rings (SSSR count). The van der Waals surface area contributed by atoms with E-state index in [1.54, 1.807) is 17.5 Å². The molecule has 1 amide bonds. The maximum atomic E-state index is 13.2. The highest BCUT2D eigenvalue weighted by Gasteiger charge is 2.21. The fourth-order valence-electron chi connectivity index (χ4n) is 3.14. The van der Waals surface area contributed by atoms with Crippen molar-refractivity contribution < 1.29 is 27.4 Å². The van der Waals surface area contributed by atoms with E-state index in [2.05, 4.69) is 27.1 Å². The number of nitrogens with one attached hydrogen (secondary N) is 3. The molecule has 0 aromatic heterocycles.